The molecule has 0 unspecified atom stereocenters. The van der Waals surface area contributed by atoms with Crippen molar-refractivity contribution < 1.29 is 9.47 Å². The minimum atomic E-state index is 0.143. The molecule has 1 saturated heterocycles. The topological polar surface area (TPSA) is 33.7 Å². The molecular formula is C15H22N2O2. The Balaban J connectivity index is 1.84. The highest BCUT2D eigenvalue weighted by atomic mass is 16.6. The first-order valence-electron chi connectivity index (χ1n) is 7.04. The van der Waals surface area contributed by atoms with E-state index < -0.39 is 0 Å². The molecule has 2 aliphatic heterocycles. The summed E-state index contributed by atoms with van der Waals surface area (Å²) in [5.74, 6) is 1.74. The molecule has 1 aromatic carbocycles. The molecule has 1 fully saturated rings. The summed E-state index contributed by atoms with van der Waals surface area (Å²) in [5, 5.41) is 3.59. The second-order valence-electron chi connectivity index (χ2n) is 5.91. The molecule has 104 valence electrons. The Labute approximate surface area is 114 Å². The molecule has 0 aromatic heterocycles. The van der Waals surface area contributed by atoms with Gasteiger partial charge in [-0.2, -0.15) is 0 Å². The van der Waals surface area contributed by atoms with Gasteiger partial charge in [0.2, 0.25) is 0 Å². The largest absolute Gasteiger partial charge is 0.486 e. The van der Waals surface area contributed by atoms with Crippen LogP contribution in [0.3, 0.4) is 0 Å². The van der Waals surface area contributed by atoms with E-state index >= 15 is 0 Å². The number of nitrogens with zero attached hydrogens (tertiary/aromatic N) is 1. The zero-order valence-corrected chi connectivity index (χ0v) is 11.7. The van der Waals surface area contributed by atoms with Crippen molar-refractivity contribution in [1.82, 2.24) is 5.32 Å². The summed E-state index contributed by atoms with van der Waals surface area (Å²) in [7, 11) is 0. The number of anilines is 1. The van der Waals surface area contributed by atoms with Gasteiger partial charge in [-0.1, -0.05) is 0 Å². The molecule has 0 atom stereocenters. The molecule has 0 bridgehead atoms. The summed E-state index contributed by atoms with van der Waals surface area (Å²) in [6, 6.07) is 6.26. The number of hydrogen-bond donors (Lipinski definition) is 1. The van der Waals surface area contributed by atoms with Crippen LogP contribution in [0.4, 0.5) is 5.69 Å². The Morgan fingerprint density at radius 3 is 2.79 bits per heavy atom. The number of ether oxygens (including phenoxy) is 2. The molecule has 0 saturated carbocycles. The van der Waals surface area contributed by atoms with Gasteiger partial charge in [0.1, 0.15) is 13.2 Å². The van der Waals surface area contributed by atoms with Crippen molar-refractivity contribution in [2.24, 2.45) is 0 Å². The van der Waals surface area contributed by atoms with E-state index in [1.165, 1.54) is 5.69 Å². The zero-order valence-electron chi connectivity index (χ0n) is 11.7. The van der Waals surface area contributed by atoms with Gasteiger partial charge in [-0.15, -0.1) is 0 Å². The van der Waals surface area contributed by atoms with Crippen molar-refractivity contribution in [1.29, 1.82) is 0 Å². The maximum Gasteiger partial charge on any atom is 0.163 e. The SMILES string of the molecule is CC1(C)CN(c2ccc3c(c2)OCCO3)CCCN1. The minimum Gasteiger partial charge on any atom is -0.486 e. The minimum absolute atomic E-state index is 0.143. The van der Waals surface area contributed by atoms with Crippen LogP contribution in [-0.2, 0) is 0 Å². The van der Waals surface area contributed by atoms with Crippen LogP contribution in [0.2, 0.25) is 0 Å². The Morgan fingerprint density at radius 2 is 1.95 bits per heavy atom. The lowest BCUT2D eigenvalue weighted by Gasteiger charge is -2.32. The number of nitrogens with one attached hydrogen (secondary N) is 1. The van der Waals surface area contributed by atoms with Crippen LogP contribution >= 0.6 is 0 Å². The molecule has 4 heteroatoms. The number of fused-ring (bicyclic) bond motifs is 1. The Morgan fingerprint density at radius 1 is 1.16 bits per heavy atom. The second kappa shape index (κ2) is 4.93. The molecule has 3 rings (SSSR count). The third kappa shape index (κ3) is 2.78. The molecule has 0 aliphatic carbocycles. The molecule has 2 heterocycles. The third-order valence-electron chi connectivity index (χ3n) is 3.69. The normalized spacial score (nSPS) is 21.9. The molecular weight excluding hydrogens is 240 g/mol. The summed E-state index contributed by atoms with van der Waals surface area (Å²) in [6.45, 7) is 8.96. The van der Waals surface area contributed by atoms with E-state index in [1.54, 1.807) is 0 Å². The van der Waals surface area contributed by atoms with Crippen molar-refractivity contribution in [2.75, 3.05) is 37.7 Å². The van der Waals surface area contributed by atoms with Gasteiger partial charge in [0.15, 0.2) is 11.5 Å². The maximum absolute atomic E-state index is 5.67. The summed E-state index contributed by atoms with van der Waals surface area (Å²) in [6.07, 6.45) is 1.16. The van der Waals surface area contributed by atoms with E-state index in [4.69, 9.17) is 9.47 Å². The van der Waals surface area contributed by atoms with Gasteiger partial charge in [0.05, 0.1) is 0 Å². The lowest BCUT2D eigenvalue weighted by atomic mass is 10.1. The smallest absolute Gasteiger partial charge is 0.163 e. The first-order chi connectivity index (χ1) is 9.14. The number of rotatable bonds is 1. The van der Waals surface area contributed by atoms with Gasteiger partial charge in [-0.3, -0.25) is 0 Å². The first kappa shape index (κ1) is 12.6. The van der Waals surface area contributed by atoms with Crippen molar-refractivity contribution in [3.63, 3.8) is 0 Å². The van der Waals surface area contributed by atoms with Gasteiger partial charge >= 0.3 is 0 Å². The summed E-state index contributed by atoms with van der Waals surface area (Å²) in [5.41, 5.74) is 1.37. The predicted molar refractivity (Wildman–Crippen MR) is 76.3 cm³/mol. The first-order valence-corrected chi connectivity index (χ1v) is 7.04. The highest BCUT2D eigenvalue weighted by Gasteiger charge is 2.25. The van der Waals surface area contributed by atoms with Crippen molar-refractivity contribution in [3.05, 3.63) is 18.2 Å². The molecule has 19 heavy (non-hydrogen) atoms. The summed E-state index contributed by atoms with van der Waals surface area (Å²) in [4.78, 5) is 2.43. The lowest BCUT2D eigenvalue weighted by Crippen LogP contribution is -2.46. The van der Waals surface area contributed by atoms with Gasteiger partial charge in [0, 0.05) is 30.4 Å². The van der Waals surface area contributed by atoms with Crippen LogP contribution < -0.4 is 19.7 Å². The van der Waals surface area contributed by atoms with Crippen LogP contribution in [-0.4, -0.2) is 38.4 Å². The highest BCUT2D eigenvalue weighted by molar-refractivity contribution is 5.57. The molecule has 4 nitrogen and oxygen atoms in total. The van der Waals surface area contributed by atoms with E-state index in [9.17, 15) is 0 Å². The molecule has 0 amide bonds. The molecule has 0 radical (unpaired) electrons. The maximum atomic E-state index is 5.67. The fourth-order valence-corrected chi connectivity index (χ4v) is 2.76. The number of benzene rings is 1. The summed E-state index contributed by atoms with van der Waals surface area (Å²) < 4.78 is 11.2. The Kier molecular flexibility index (Phi) is 3.27. The standard InChI is InChI=1S/C15H22N2O2/c1-15(2)11-17(7-3-6-16-15)12-4-5-13-14(10-12)19-9-8-18-13/h4-5,10,16H,3,6-9,11H2,1-2H3. The summed E-state index contributed by atoms with van der Waals surface area (Å²) >= 11 is 0. The van der Waals surface area contributed by atoms with Crippen molar-refractivity contribution in [2.45, 2.75) is 25.8 Å². The monoisotopic (exact) mass is 262 g/mol. The van der Waals surface area contributed by atoms with Crippen LogP contribution in [0.1, 0.15) is 20.3 Å². The fraction of sp³-hybridized carbons (Fsp3) is 0.600. The fourth-order valence-electron chi connectivity index (χ4n) is 2.76. The molecule has 0 spiro atoms. The third-order valence-corrected chi connectivity index (χ3v) is 3.69. The van der Waals surface area contributed by atoms with Gasteiger partial charge in [0.25, 0.3) is 0 Å². The van der Waals surface area contributed by atoms with E-state index in [0.717, 1.165) is 37.6 Å². The van der Waals surface area contributed by atoms with E-state index in [2.05, 4.69) is 36.2 Å². The van der Waals surface area contributed by atoms with Gasteiger partial charge in [-0.05, 0) is 38.9 Å². The van der Waals surface area contributed by atoms with Crippen LogP contribution in [0.25, 0.3) is 0 Å². The van der Waals surface area contributed by atoms with E-state index in [-0.39, 0.29) is 5.54 Å². The number of hydrogen-bond acceptors (Lipinski definition) is 4. The lowest BCUT2D eigenvalue weighted by molar-refractivity contribution is 0.171. The Hall–Kier alpha value is -1.42. The van der Waals surface area contributed by atoms with Crippen LogP contribution in [0, 0.1) is 0 Å². The van der Waals surface area contributed by atoms with Crippen molar-refractivity contribution >= 4 is 5.69 Å². The quantitative estimate of drug-likeness (QED) is 0.839. The van der Waals surface area contributed by atoms with Crippen molar-refractivity contribution in [3.8, 4) is 11.5 Å². The second-order valence-corrected chi connectivity index (χ2v) is 5.91. The predicted octanol–water partition coefficient (Wildman–Crippen LogP) is 2.04. The average Bonchev–Trinajstić information content (AvgIpc) is 2.59. The van der Waals surface area contributed by atoms with Gasteiger partial charge < -0.3 is 19.7 Å². The van der Waals surface area contributed by atoms with E-state index in [0.29, 0.717) is 13.2 Å². The van der Waals surface area contributed by atoms with Gasteiger partial charge in [-0.25, -0.2) is 0 Å². The van der Waals surface area contributed by atoms with Crippen LogP contribution in [0.15, 0.2) is 18.2 Å². The Bertz CT molecular complexity index is 459. The molecule has 1 aromatic rings. The van der Waals surface area contributed by atoms with Crippen LogP contribution in [0.5, 0.6) is 11.5 Å². The molecule has 1 N–H and O–H groups in total. The highest BCUT2D eigenvalue weighted by Crippen LogP contribution is 2.34. The molecule has 2 aliphatic rings. The van der Waals surface area contributed by atoms with E-state index in [1.807, 2.05) is 6.07 Å². The zero-order chi connectivity index (χ0) is 13.3. The average molecular weight is 262 g/mol.